The van der Waals surface area contributed by atoms with E-state index in [9.17, 15) is 29.4 Å². The van der Waals surface area contributed by atoms with Crippen LogP contribution in [0.25, 0.3) is 10.8 Å². The van der Waals surface area contributed by atoms with Crippen LogP contribution in [-0.2, 0) is 19.7 Å². The Labute approximate surface area is 266 Å². The number of urea groups is 1. The number of carbonyl (C=O) groups excluding carboxylic acids is 3. The van der Waals surface area contributed by atoms with Crippen molar-refractivity contribution in [2.75, 3.05) is 49.9 Å². The van der Waals surface area contributed by atoms with Crippen LogP contribution in [0.4, 0.5) is 26.7 Å². The SMILES string of the molecule is COC(=O)Nc1cc(C(C)(C)C)cc(NC(=O)Nc2ccc(C(=O)N3CC(CC(=O)O)OC(C)(CO)C3)c3ccccc23)c1OC. The Morgan fingerprint density at radius 1 is 0.978 bits per heavy atom. The fourth-order valence-corrected chi connectivity index (χ4v) is 5.40. The van der Waals surface area contributed by atoms with Gasteiger partial charge in [-0.05, 0) is 47.6 Å². The molecular formula is C33H40N4O9. The standard InChI is InChI=1S/C33H40N4O9/c1-32(2,3)19-13-25(28(44-5)26(14-19)36-31(43)45-6)35-30(42)34-24-12-11-23(21-9-7-8-10-22(21)24)29(41)37-16-20(15-27(39)40)46-33(4,17-37)18-38/h7-14,20,38H,15-18H2,1-6H3,(H,36,43)(H,39,40)(H2,34,35,42). The van der Waals surface area contributed by atoms with E-state index in [0.29, 0.717) is 33.4 Å². The van der Waals surface area contributed by atoms with Gasteiger partial charge in [-0.2, -0.15) is 0 Å². The number of hydrogen-bond acceptors (Lipinski definition) is 8. The summed E-state index contributed by atoms with van der Waals surface area (Å²) in [5.74, 6) is -1.21. The summed E-state index contributed by atoms with van der Waals surface area (Å²) in [5, 5.41) is 28.7. The predicted octanol–water partition coefficient (Wildman–Crippen LogP) is 5.03. The van der Waals surface area contributed by atoms with Crippen LogP contribution >= 0.6 is 0 Å². The highest BCUT2D eigenvalue weighted by molar-refractivity contribution is 6.13. The van der Waals surface area contributed by atoms with E-state index in [4.69, 9.17) is 14.2 Å². The monoisotopic (exact) mass is 636 g/mol. The van der Waals surface area contributed by atoms with Crippen molar-refractivity contribution in [1.29, 1.82) is 0 Å². The molecule has 5 N–H and O–H groups in total. The Morgan fingerprint density at radius 2 is 1.61 bits per heavy atom. The molecule has 1 saturated heterocycles. The van der Waals surface area contributed by atoms with Gasteiger partial charge in [0, 0.05) is 17.5 Å². The van der Waals surface area contributed by atoms with Crippen LogP contribution in [0.15, 0.2) is 48.5 Å². The van der Waals surface area contributed by atoms with Crippen LogP contribution in [0.1, 0.15) is 50.0 Å². The summed E-state index contributed by atoms with van der Waals surface area (Å²) in [4.78, 5) is 52.1. The molecule has 0 saturated carbocycles. The molecule has 13 heteroatoms. The van der Waals surface area contributed by atoms with Gasteiger partial charge >= 0.3 is 18.1 Å². The third kappa shape index (κ3) is 7.66. The van der Waals surface area contributed by atoms with Gasteiger partial charge in [-0.15, -0.1) is 0 Å². The zero-order valence-electron chi connectivity index (χ0n) is 26.7. The maximum absolute atomic E-state index is 13.8. The molecule has 0 spiro atoms. The molecule has 1 fully saturated rings. The molecule has 4 amide bonds. The molecule has 1 aliphatic rings. The summed E-state index contributed by atoms with van der Waals surface area (Å²) in [5.41, 5.74) is 0.745. The molecule has 13 nitrogen and oxygen atoms in total. The van der Waals surface area contributed by atoms with Gasteiger partial charge in [-0.3, -0.25) is 14.9 Å². The highest BCUT2D eigenvalue weighted by Gasteiger charge is 2.40. The van der Waals surface area contributed by atoms with E-state index in [-0.39, 0.29) is 36.6 Å². The van der Waals surface area contributed by atoms with Gasteiger partial charge in [-0.1, -0.05) is 45.0 Å². The minimum absolute atomic E-state index is 0.0414. The Bertz CT molecular complexity index is 1650. The smallest absolute Gasteiger partial charge is 0.411 e. The second kappa shape index (κ2) is 13.6. The van der Waals surface area contributed by atoms with Crippen molar-refractivity contribution in [2.24, 2.45) is 0 Å². The second-order valence-electron chi connectivity index (χ2n) is 12.4. The Hall–Kier alpha value is -4.88. The molecule has 0 aromatic heterocycles. The first-order valence-electron chi connectivity index (χ1n) is 14.6. The second-order valence-corrected chi connectivity index (χ2v) is 12.4. The lowest BCUT2D eigenvalue weighted by Crippen LogP contribution is -2.57. The van der Waals surface area contributed by atoms with Crippen molar-refractivity contribution in [2.45, 2.75) is 51.2 Å². The summed E-state index contributed by atoms with van der Waals surface area (Å²) in [6, 6.07) is 13.2. The average Bonchev–Trinajstić information content (AvgIpc) is 2.99. The van der Waals surface area contributed by atoms with Crippen LogP contribution in [0.2, 0.25) is 0 Å². The molecule has 246 valence electrons. The fourth-order valence-electron chi connectivity index (χ4n) is 5.40. The molecular weight excluding hydrogens is 596 g/mol. The van der Waals surface area contributed by atoms with Gasteiger partial charge in [0.25, 0.3) is 5.91 Å². The number of ether oxygens (including phenoxy) is 3. The van der Waals surface area contributed by atoms with Gasteiger partial charge in [0.05, 0.1) is 57.0 Å². The summed E-state index contributed by atoms with van der Waals surface area (Å²) >= 11 is 0. The number of methoxy groups -OCH3 is 2. The van der Waals surface area contributed by atoms with Crippen molar-refractivity contribution in [3.05, 3.63) is 59.7 Å². The van der Waals surface area contributed by atoms with E-state index < -0.39 is 36.4 Å². The van der Waals surface area contributed by atoms with Crippen LogP contribution in [0.3, 0.4) is 0 Å². The molecule has 2 unspecified atom stereocenters. The molecule has 1 aliphatic heterocycles. The lowest BCUT2D eigenvalue weighted by Gasteiger charge is -2.43. The minimum atomic E-state index is -1.12. The zero-order valence-corrected chi connectivity index (χ0v) is 26.7. The Kier molecular flexibility index (Phi) is 10.1. The van der Waals surface area contributed by atoms with Crippen molar-refractivity contribution in [3.63, 3.8) is 0 Å². The van der Waals surface area contributed by atoms with Crippen LogP contribution in [-0.4, -0.2) is 84.7 Å². The van der Waals surface area contributed by atoms with Gasteiger partial charge < -0.3 is 40.0 Å². The first-order valence-corrected chi connectivity index (χ1v) is 14.6. The van der Waals surface area contributed by atoms with Crippen LogP contribution in [0.5, 0.6) is 5.75 Å². The van der Waals surface area contributed by atoms with Gasteiger partial charge in [0.1, 0.15) is 5.60 Å². The number of benzene rings is 3. The highest BCUT2D eigenvalue weighted by Crippen LogP contribution is 2.39. The maximum Gasteiger partial charge on any atom is 0.411 e. The molecule has 4 rings (SSSR count). The number of rotatable bonds is 8. The first-order chi connectivity index (χ1) is 21.7. The van der Waals surface area contributed by atoms with E-state index in [1.807, 2.05) is 20.8 Å². The number of carboxylic acid groups (broad SMARTS) is 1. The van der Waals surface area contributed by atoms with Crippen LogP contribution in [0, 0.1) is 0 Å². The number of nitrogens with one attached hydrogen (secondary N) is 3. The van der Waals surface area contributed by atoms with E-state index in [2.05, 4.69) is 16.0 Å². The molecule has 3 aromatic carbocycles. The summed E-state index contributed by atoms with van der Waals surface area (Å²) in [6.45, 7) is 7.31. The zero-order chi connectivity index (χ0) is 33.8. The summed E-state index contributed by atoms with van der Waals surface area (Å²) in [6.07, 6.45) is -1.81. The number of amides is 4. The quantitative estimate of drug-likeness (QED) is 0.227. The number of aliphatic carboxylic acids is 1. The van der Waals surface area contributed by atoms with Crippen molar-refractivity contribution < 1.29 is 43.6 Å². The van der Waals surface area contributed by atoms with Gasteiger partial charge in [0.2, 0.25) is 0 Å². The average molecular weight is 637 g/mol. The number of nitrogens with zero attached hydrogens (tertiary/aromatic N) is 1. The highest BCUT2D eigenvalue weighted by atomic mass is 16.5. The Balaban J connectivity index is 1.64. The van der Waals surface area contributed by atoms with Gasteiger partial charge in [-0.25, -0.2) is 9.59 Å². The number of carbonyl (C=O) groups is 4. The number of hydrogen-bond donors (Lipinski definition) is 5. The number of carboxylic acids is 1. The van der Waals surface area contributed by atoms with Crippen molar-refractivity contribution >= 4 is 51.8 Å². The Morgan fingerprint density at radius 3 is 2.20 bits per heavy atom. The fraction of sp³-hybridized carbons (Fsp3) is 0.394. The maximum atomic E-state index is 13.8. The third-order valence-corrected chi connectivity index (χ3v) is 7.66. The van der Waals surface area contributed by atoms with Crippen LogP contribution < -0.4 is 20.7 Å². The van der Waals surface area contributed by atoms with E-state index >= 15 is 0 Å². The normalized spacial score (nSPS) is 18.1. The van der Waals surface area contributed by atoms with Gasteiger partial charge in [0.15, 0.2) is 5.75 Å². The first kappa shape index (κ1) is 34.0. The molecule has 3 aromatic rings. The topological polar surface area (TPSA) is 176 Å². The lowest BCUT2D eigenvalue weighted by molar-refractivity contribution is -0.167. The lowest BCUT2D eigenvalue weighted by atomic mass is 9.86. The predicted molar refractivity (Wildman–Crippen MR) is 173 cm³/mol. The van der Waals surface area contributed by atoms with E-state index in [1.54, 1.807) is 55.5 Å². The molecule has 2 atom stereocenters. The number of aliphatic hydroxyl groups is 1. The largest absolute Gasteiger partial charge is 0.492 e. The number of morpholine rings is 1. The van der Waals surface area contributed by atoms with Crippen molar-refractivity contribution in [1.82, 2.24) is 4.90 Å². The summed E-state index contributed by atoms with van der Waals surface area (Å²) < 4.78 is 16.1. The summed E-state index contributed by atoms with van der Waals surface area (Å²) in [7, 11) is 2.66. The number of anilines is 3. The molecule has 46 heavy (non-hydrogen) atoms. The molecule has 0 radical (unpaired) electrons. The minimum Gasteiger partial charge on any atom is -0.492 e. The van der Waals surface area contributed by atoms with Crippen molar-refractivity contribution in [3.8, 4) is 5.75 Å². The number of aliphatic hydroxyl groups excluding tert-OH is 1. The molecule has 0 aliphatic carbocycles. The number of fused-ring (bicyclic) bond motifs is 1. The third-order valence-electron chi connectivity index (χ3n) is 7.66. The molecule has 0 bridgehead atoms. The van der Waals surface area contributed by atoms with E-state index in [1.165, 1.54) is 19.1 Å². The molecule has 1 heterocycles. The van der Waals surface area contributed by atoms with E-state index in [0.717, 1.165) is 5.56 Å².